The van der Waals surface area contributed by atoms with Crippen LogP contribution in [-0.2, 0) is 4.74 Å². The molecule has 0 aliphatic carbocycles. The molecule has 0 amide bonds. The molecule has 1 unspecified atom stereocenters. The molecule has 1 heterocycles. The zero-order chi connectivity index (χ0) is 15.5. The van der Waals surface area contributed by atoms with Gasteiger partial charge >= 0.3 is 5.97 Å². The average Bonchev–Trinajstić information content (AvgIpc) is 2.99. The van der Waals surface area contributed by atoms with E-state index in [0.29, 0.717) is 11.1 Å². The maximum atomic E-state index is 12.2. The average molecular weight is 294 g/mol. The van der Waals surface area contributed by atoms with Gasteiger partial charge in [0.25, 0.3) is 0 Å². The molecule has 0 radical (unpaired) electrons. The predicted molar refractivity (Wildman–Crippen MR) is 81.9 cm³/mol. The van der Waals surface area contributed by atoms with E-state index in [0.717, 1.165) is 5.39 Å². The first-order valence-corrected chi connectivity index (χ1v) is 6.94. The smallest absolute Gasteiger partial charge is 0.374 e. The molecule has 0 saturated heterocycles. The van der Waals surface area contributed by atoms with Crippen molar-refractivity contribution < 1.29 is 18.7 Å². The first-order chi connectivity index (χ1) is 10.6. The number of hydrogen-bond donors (Lipinski definition) is 0. The summed E-state index contributed by atoms with van der Waals surface area (Å²) in [7, 11) is 0. The summed E-state index contributed by atoms with van der Waals surface area (Å²) in [5, 5.41) is 0.816. The number of furan rings is 1. The zero-order valence-electron chi connectivity index (χ0n) is 12.0. The molecule has 110 valence electrons. The fourth-order valence-electron chi connectivity index (χ4n) is 2.19. The van der Waals surface area contributed by atoms with E-state index in [1.807, 2.05) is 24.3 Å². The van der Waals surface area contributed by atoms with Gasteiger partial charge < -0.3 is 9.15 Å². The first kappa shape index (κ1) is 14.1. The summed E-state index contributed by atoms with van der Waals surface area (Å²) < 4.78 is 10.6. The van der Waals surface area contributed by atoms with Crippen molar-refractivity contribution in [2.24, 2.45) is 0 Å². The Hall–Kier alpha value is -2.88. The van der Waals surface area contributed by atoms with Gasteiger partial charge in [-0.2, -0.15) is 0 Å². The van der Waals surface area contributed by atoms with Gasteiger partial charge in [-0.05, 0) is 19.1 Å². The summed E-state index contributed by atoms with van der Waals surface area (Å²) in [5.41, 5.74) is 1.11. The highest BCUT2D eigenvalue weighted by Gasteiger charge is 2.22. The van der Waals surface area contributed by atoms with Crippen LogP contribution in [0.5, 0.6) is 0 Å². The highest BCUT2D eigenvalue weighted by Crippen LogP contribution is 2.20. The Balaban J connectivity index is 1.74. The summed E-state index contributed by atoms with van der Waals surface area (Å²) in [5.74, 6) is -0.799. The number of ketones is 1. The molecule has 1 atom stereocenters. The molecule has 3 aromatic rings. The van der Waals surface area contributed by atoms with Crippen molar-refractivity contribution >= 4 is 22.7 Å². The van der Waals surface area contributed by atoms with E-state index in [4.69, 9.17) is 9.15 Å². The molecule has 0 spiro atoms. The summed E-state index contributed by atoms with van der Waals surface area (Å²) in [6.07, 6.45) is -0.872. The topological polar surface area (TPSA) is 56.5 Å². The maximum Gasteiger partial charge on any atom is 0.374 e. The first-order valence-electron chi connectivity index (χ1n) is 6.94. The monoisotopic (exact) mass is 294 g/mol. The number of carbonyl (C=O) groups is 2. The fraction of sp³-hybridized carbons (Fsp3) is 0.111. The van der Waals surface area contributed by atoms with Crippen molar-refractivity contribution in [2.75, 3.05) is 0 Å². The van der Waals surface area contributed by atoms with Crippen LogP contribution in [0.2, 0.25) is 0 Å². The van der Waals surface area contributed by atoms with E-state index in [2.05, 4.69) is 0 Å². The van der Waals surface area contributed by atoms with E-state index >= 15 is 0 Å². The molecule has 0 bridgehead atoms. The number of rotatable bonds is 4. The third-order valence-corrected chi connectivity index (χ3v) is 3.34. The number of ether oxygens (including phenoxy) is 1. The van der Waals surface area contributed by atoms with Crippen LogP contribution in [-0.4, -0.2) is 17.9 Å². The van der Waals surface area contributed by atoms with E-state index < -0.39 is 12.1 Å². The summed E-state index contributed by atoms with van der Waals surface area (Å²) in [6.45, 7) is 1.55. The van der Waals surface area contributed by atoms with Gasteiger partial charge in [0.05, 0.1) is 0 Å². The van der Waals surface area contributed by atoms with Crippen molar-refractivity contribution in [1.29, 1.82) is 0 Å². The Bertz CT molecular complexity index is 784. The predicted octanol–water partition coefficient (Wildman–Crippen LogP) is 3.86. The number of esters is 1. The van der Waals surface area contributed by atoms with Crippen LogP contribution >= 0.6 is 0 Å². The molecule has 4 heteroatoms. The van der Waals surface area contributed by atoms with E-state index in [9.17, 15) is 9.59 Å². The van der Waals surface area contributed by atoms with Crippen LogP contribution < -0.4 is 0 Å². The molecule has 0 saturated carbocycles. The number of carbonyl (C=O) groups excluding carboxylic acids is 2. The fourth-order valence-corrected chi connectivity index (χ4v) is 2.19. The highest BCUT2D eigenvalue weighted by atomic mass is 16.6. The molecule has 1 aromatic heterocycles. The van der Waals surface area contributed by atoms with E-state index in [1.165, 1.54) is 0 Å². The van der Waals surface area contributed by atoms with Crippen molar-refractivity contribution in [3.05, 3.63) is 72.0 Å². The second kappa shape index (κ2) is 5.85. The number of para-hydroxylation sites is 1. The van der Waals surface area contributed by atoms with Gasteiger partial charge in [-0.1, -0.05) is 48.5 Å². The third kappa shape index (κ3) is 2.76. The van der Waals surface area contributed by atoms with Crippen molar-refractivity contribution in [1.82, 2.24) is 0 Å². The van der Waals surface area contributed by atoms with Gasteiger partial charge in [-0.25, -0.2) is 4.79 Å². The molecule has 22 heavy (non-hydrogen) atoms. The minimum absolute atomic E-state index is 0.0916. The second-order valence-electron chi connectivity index (χ2n) is 4.93. The quantitative estimate of drug-likeness (QED) is 0.541. The van der Waals surface area contributed by atoms with E-state index in [1.54, 1.807) is 43.3 Å². The van der Waals surface area contributed by atoms with E-state index in [-0.39, 0.29) is 11.5 Å². The molecule has 0 aliphatic rings. The van der Waals surface area contributed by atoms with Crippen LogP contribution in [0, 0.1) is 0 Å². The van der Waals surface area contributed by atoms with Gasteiger partial charge in [-0.15, -0.1) is 0 Å². The second-order valence-corrected chi connectivity index (χ2v) is 4.93. The van der Waals surface area contributed by atoms with Crippen LogP contribution in [0.3, 0.4) is 0 Å². The minimum Gasteiger partial charge on any atom is -0.449 e. The van der Waals surface area contributed by atoms with Crippen molar-refractivity contribution in [3.63, 3.8) is 0 Å². The van der Waals surface area contributed by atoms with Gasteiger partial charge in [0.2, 0.25) is 11.5 Å². The van der Waals surface area contributed by atoms with Gasteiger partial charge in [0, 0.05) is 10.9 Å². The lowest BCUT2D eigenvalue weighted by molar-refractivity contribution is 0.0291. The molecule has 0 fully saturated rings. The van der Waals surface area contributed by atoms with Crippen molar-refractivity contribution in [2.45, 2.75) is 13.0 Å². The largest absolute Gasteiger partial charge is 0.449 e. The van der Waals surface area contributed by atoms with Crippen molar-refractivity contribution in [3.8, 4) is 0 Å². The Morgan fingerprint density at radius 2 is 1.68 bits per heavy atom. The third-order valence-electron chi connectivity index (χ3n) is 3.34. The lowest BCUT2D eigenvalue weighted by Crippen LogP contribution is -2.24. The van der Waals surface area contributed by atoms with Gasteiger partial charge in [0.1, 0.15) is 5.58 Å². The number of Topliss-reactive ketones (excluding diaryl/α,β-unsaturated/α-hetero) is 1. The Morgan fingerprint density at radius 3 is 2.41 bits per heavy atom. The normalized spacial score (nSPS) is 12.0. The lowest BCUT2D eigenvalue weighted by atomic mass is 10.1. The Morgan fingerprint density at radius 1 is 1.00 bits per heavy atom. The lowest BCUT2D eigenvalue weighted by Gasteiger charge is -2.11. The summed E-state index contributed by atoms with van der Waals surface area (Å²) >= 11 is 0. The SMILES string of the molecule is CC(OC(=O)c1cc2ccccc2o1)C(=O)c1ccccc1. The summed E-state index contributed by atoms with van der Waals surface area (Å²) in [6, 6.07) is 17.6. The van der Waals surface area contributed by atoms with Gasteiger partial charge in [-0.3, -0.25) is 4.79 Å². The van der Waals surface area contributed by atoms with Crippen LogP contribution in [0.1, 0.15) is 27.8 Å². The maximum absolute atomic E-state index is 12.2. The minimum atomic E-state index is -0.872. The highest BCUT2D eigenvalue weighted by molar-refractivity contribution is 6.01. The molecular weight excluding hydrogens is 280 g/mol. The molecule has 2 aromatic carbocycles. The molecule has 0 aliphatic heterocycles. The van der Waals surface area contributed by atoms with Crippen LogP contribution in [0.25, 0.3) is 11.0 Å². The summed E-state index contributed by atoms with van der Waals surface area (Å²) in [4.78, 5) is 24.3. The molecule has 3 rings (SSSR count). The molecule has 0 N–H and O–H groups in total. The Kier molecular flexibility index (Phi) is 3.74. The van der Waals surface area contributed by atoms with Crippen LogP contribution in [0.4, 0.5) is 0 Å². The Labute approximate surface area is 127 Å². The molecular formula is C18H14O4. The number of benzene rings is 2. The molecule has 4 nitrogen and oxygen atoms in total. The zero-order valence-corrected chi connectivity index (χ0v) is 12.0. The number of hydrogen-bond acceptors (Lipinski definition) is 4. The standard InChI is InChI=1S/C18H14O4/c1-12(17(19)13-7-3-2-4-8-13)21-18(20)16-11-14-9-5-6-10-15(14)22-16/h2-12H,1H3. The van der Waals surface area contributed by atoms with Gasteiger partial charge in [0.15, 0.2) is 6.10 Å². The number of fused-ring (bicyclic) bond motifs is 1. The van der Waals surface area contributed by atoms with Crippen LogP contribution in [0.15, 0.2) is 65.1 Å².